The van der Waals surface area contributed by atoms with Crippen molar-refractivity contribution in [3.63, 3.8) is 0 Å². The molecule has 1 heterocycles. The first-order chi connectivity index (χ1) is 7.72. The molecule has 0 aliphatic rings. The fourth-order valence-electron chi connectivity index (χ4n) is 1.19. The number of allylic oxidation sites excluding steroid dienone is 3. The van der Waals surface area contributed by atoms with Crippen LogP contribution in [0.25, 0.3) is 0 Å². The predicted molar refractivity (Wildman–Crippen MR) is 63.8 cm³/mol. The van der Waals surface area contributed by atoms with Crippen molar-refractivity contribution in [2.24, 2.45) is 0 Å². The van der Waals surface area contributed by atoms with E-state index in [-0.39, 0.29) is 5.63 Å². The van der Waals surface area contributed by atoms with Crippen LogP contribution < -0.4 is 10.4 Å². The summed E-state index contributed by atoms with van der Waals surface area (Å²) in [4.78, 5) is 11.0. The van der Waals surface area contributed by atoms with E-state index in [2.05, 4.69) is 0 Å². The van der Waals surface area contributed by atoms with E-state index < -0.39 is 0 Å². The van der Waals surface area contributed by atoms with Gasteiger partial charge in [-0.25, -0.2) is 4.79 Å². The predicted octanol–water partition coefficient (Wildman–Crippen LogP) is 2.85. The average Bonchev–Trinajstić information content (AvgIpc) is 2.22. The van der Waals surface area contributed by atoms with Gasteiger partial charge in [-0.15, -0.1) is 0 Å². The summed E-state index contributed by atoms with van der Waals surface area (Å²) in [5.41, 5.74) is -0.376. The molecule has 0 N–H and O–H groups in total. The van der Waals surface area contributed by atoms with E-state index in [1.807, 2.05) is 31.2 Å². The Balaban J connectivity index is 2.40. The summed E-state index contributed by atoms with van der Waals surface area (Å²) >= 11 is 0. The Kier molecular flexibility index (Phi) is 5.12. The highest BCUT2D eigenvalue weighted by molar-refractivity contribution is 5.19. The van der Waals surface area contributed by atoms with Gasteiger partial charge in [-0.2, -0.15) is 0 Å². The molecular weight excluding hydrogens is 204 g/mol. The molecule has 0 aromatic carbocycles. The molecule has 0 aliphatic carbocycles. The zero-order valence-electron chi connectivity index (χ0n) is 9.60. The molecule has 16 heavy (non-hydrogen) atoms. The lowest BCUT2D eigenvalue weighted by atomic mass is 10.3. The summed E-state index contributed by atoms with van der Waals surface area (Å²) in [7, 11) is 0. The molecule has 0 radical (unpaired) electrons. The lowest BCUT2D eigenvalue weighted by Gasteiger charge is -2.03. The van der Waals surface area contributed by atoms with Crippen molar-refractivity contribution in [2.75, 3.05) is 6.61 Å². The van der Waals surface area contributed by atoms with E-state index in [0.29, 0.717) is 18.1 Å². The minimum atomic E-state index is -0.376. The second-order valence-electron chi connectivity index (χ2n) is 3.31. The van der Waals surface area contributed by atoms with Gasteiger partial charge in [0.25, 0.3) is 0 Å². The van der Waals surface area contributed by atoms with Crippen molar-refractivity contribution in [2.45, 2.75) is 20.3 Å². The minimum absolute atomic E-state index is 0.376. The Morgan fingerprint density at radius 2 is 2.19 bits per heavy atom. The van der Waals surface area contributed by atoms with Crippen LogP contribution in [0, 0.1) is 6.92 Å². The minimum Gasteiger partial charge on any atom is -0.493 e. The van der Waals surface area contributed by atoms with Crippen LogP contribution in [0.5, 0.6) is 5.75 Å². The van der Waals surface area contributed by atoms with Crippen LogP contribution in [0.1, 0.15) is 19.1 Å². The van der Waals surface area contributed by atoms with Gasteiger partial charge in [0.15, 0.2) is 0 Å². The Morgan fingerprint density at radius 1 is 1.38 bits per heavy atom. The van der Waals surface area contributed by atoms with Gasteiger partial charge in [-0.05, 0) is 20.3 Å². The van der Waals surface area contributed by atoms with E-state index in [0.717, 1.165) is 6.42 Å². The second kappa shape index (κ2) is 6.67. The van der Waals surface area contributed by atoms with Gasteiger partial charge in [0.2, 0.25) is 0 Å². The van der Waals surface area contributed by atoms with Crippen molar-refractivity contribution in [1.29, 1.82) is 0 Å². The van der Waals surface area contributed by atoms with E-state index in [4.69, 9.17) is 9.15 Å². The van der Waals surface area contributed by atoms with E-state index in [9.17, 15) is 4.79 Å². The third kappa shape index (κ3) is 4.64. The molecule has 86 valence electrons. The second-order valence-corrected chi connectivity index (χ2v) is 3.31. The molecule has 3 heteroatoms. The highest BCUT2D eigenvalue weighted by Crippen LogP contribution is 2.09. The molecule has 0 amide bonds. The van der Waals surface area contributed by atoms with Gasteiger partial charge < -0.3 is 9.15 Å². The molecule has 3 nitrogen and oxygen atoms in total. The average molecular weight is 220 g/mol. The lowest BCUT2D eigenvalue weighted by molar-refractivity contribution is 0.318. The molecule has 0 spiro atoms. The van der Waals surface area contributed by atoms with Crippen LogP contribution in [-0.2, 0) is 0 Å². The summed E-state index contributed by atoms with van der Waals surface area (Å²) in [5, 5.41) is 0. The van der Waals surface area contributed by atoms with E-state index >= 15 is 0 Å². The number of rotatable bonds is 5. The Labute approximate surface area is 95.1 Å². The van der Waals surface area contributed by atoms with E-state index in [1.54, 1.807) is 13.0 Å². The van der Waals surface area contributed by atoms with Crippen LogP contribution in [-0.4, -0.2) is 6.61 Å². The third-order valence-electron chi connectivity index (χ3n) is 1.86. The maximum atomic E-state index is 11.0. The summed E-state index contributed by atoms with van der Waals surface area (Å²) in [5.74, 6) is 1.13. The number of aryl methyl sites for hydroxylation is 1. The molecule has 0 bridgehead atoms. The molecule has 0 atom stereocenters. The van der Waals surface area contributed by atoms with Crippen molar-refractivity contribution >= 4 is 0 Å². The molecule has 0 saturated carbocycles. The molecule has 0 saturated heterocycles. The molecule has 1 aromatic rings. The highest BCUT2D eigenvalue weighted by Gasteiger charge is 1.97. The van der Waals surface area contributed by atoms with Crippen LogP contribution in [0.3, 0.4) is 0 Å². The standard InChI is InChI=1S/C13H16O3/c1-3-4-5-6-7-8-15-12-9-11(2)16-13(14)10-12/h3-6,9-10H,7-8H2,1-2H3/b4-3+,6-5-. The van der Waals surface area contributed by atoms with Crippen LogP contribution in [0.2, 0.25) is 0 Å². The van der Waals surface area contributed by atoms with Crippen LogP contribution >= 0.6 is 0 Å². The number of hydrogen-bond acceptors (Lipinski definition) is 3. The quantitative estimate of drug-likeness (QED) is 0.565. The Bertz CT molecular complexity index is 427. The molecule has 0 aliphatic heterocycles. The van der Waals surface area contributed by atoms with Crippen molar-refractivity contribution in [1.82, 2.24) is 0 Å². The summed E-state index contributed by atoms with van der Waals surface area (Å²) in [6.07, 6.45) is 8.71. The van der Waals surface area contributed by atoms with Crippen molar-refractivity contribution in [3.05, 3.63) is 52.6 Å². The third-order valence-corrected chi connectivity index (χ3v) is 1.86. The van der Waals surface area contributed by atoms with Gasteiger partial charge in [-0.3, -0.25) is 0 Å². The molecule has 0 fully saturated rings. The molecule has 0 unspecified atom stereocenters. The maximum absolute atomic E-state index is 11.0. The zero-order valence-corrected chi connectivity index (χ0v) is 9.60. The SMILES string of the molecule is C/C=C/C=C\CCOc1cc(C)oc(=O)c1. The van der Waals surface area contributed by atoms with Crippen molar-refractivity contribution in [3.8, 4) is 5.75 Å². The first-order valence-electron chi connectivity index (χ1n) is 5.25. The molecular formula is C13H16O3. The topological polar surface area (TPSA) is 39.4 Å². The Hall–Kier alpha value is -1.77. The Morgan fingerprint density at radius 3 is 2.88 bits per heavy atom. The van der Waals surface area contributed by atoms with Crippen molar-refractivity contribution < 1.29 is 9.15 Å². The van der Waals surface area contributed by atoms with Gasteiger partial charge >= 0.3 is 5.63 Å². The fraction of sp³-hybridized carbons (Fsp3) is 0.308. The van der Waals surface area contributed by atoms with E-state index in [1.165, 1.54) is 6.07 Å². The number of hydrogen-bond donors (Lipinski definition) is 0. The largest absolute Gasteiger partial charge is 0.493 e. The maximum Gasteiger partial charge on any atom is 0.339 e. The molecule has 1 rings (SSSR count). The van der Waals surface area contributed by atoms with Crippen LogP contribution in [0.4, 0.5) is 0 Å². The van der Waals surface area contributed by atoms with Crippen LogP contribution in [0.15, 0.2) is 45.6 Å². The first kappa shape index (κ1) is 12.3. The normalized spacial score (nSPS) is 11.4. The summed E-state index contributed by atoms with van der Waals surface area (Å²) in [6.45, 7) is 4.24. The van der Waals surface area contributed by atoms with Gasteiger partial charge in [0, 0.05) is 6.07 Å². The lowest BCUT2D eigenvalue weighted by Crippen LogP contribution is -2.02. The fourth-order valence-corrected chi connectivity index (χ4v) is 1.19. The first-order valence-corrected chi connectivity index (χ1v) is 5.25. The zero-order chi connectivity index (χ0) is 11.8. The highest BCUT2D eigenvalue weighted by atomic mass is 16.5. The summed E-state index contributed by atoms with van der Waals surface area (Å²) in [6, 6.07) is 3.06. The monoisotopic (exact) mass is 220 g/mol. The molecule has 1 aromatic heterocycles. The van der Waals surface area contributed by atoms with Gasteiger partial charge in [0.05, 0.1) is 12.7 Å². The van der Waals surface area contributed by atoms with Gasteiger partial charge in [-0.1, -0.05) is 24.3 Å². The smallest absolute Gasteiger partial charge is 0.339 e. The summed E-state index contributed by atoms with van der Waals surface area (Å²) < 4.78 is 10.2. The number of ether oxygens (including phenoxy) is 1. The van der Waals surface area contributed by atoms with Gasteiger partial charge in [0.1, 0.15) is 11.5 Å².